The minimum atomic E-state index is -0.342. The van der Waals surface area contributed by atoms with Gasteiger partial charge in [0.05, 0.1) is 10.7 Å². The summed E-state index contributed by atoms with van der Waals surface area (Å²) in [7, 11) is 1.93. The fourth-order valence-electron chi connectivity index (χ4n) is 1.98. The molecule has 0 saturated carbocycles. The number of rotatable bonds is 1. The first-order valence-corrected chi connectivity index (χ1v) is 6.58. The molecule has 0 N–H and O–H groups in total. The first-order chi connectivity index (χ1) is 8.70. The van der Waals surface area contributed by atoms with Gasteiger partial charge >= 0.3 is 0 Å². The Labute approximate surface area is 118 Å². The Balaban J connectivity index is 2.63. The second-order valence-corrected chi connectivity index (χ2v) is 6.26. The second kappa shape index (κ2) is 4.64. The summed E-state index contributed by atoms with van der Waals surface area (Å²) in [5.41, 5.74) is 1.97. The van der Waals surface area contributed by atoms with E-state index < -0.39 is 0 Å². The van der Waals surface area contributed by atoms with Gasteiger partial charge in [-0.05, 0) is 30.0 Å². The summed E-state index contributed by atoms with van der Waals surface area (Å²) in [6.07, 6.45) is 1.92. The molecule has 0 aliphatic rings. The van der Waals surface area contributed by atoms with Crippen LogP contribution < -0.4 is 0 Å². The molecule has 0 aliphatic carbocycles. The monoisotopic (exact) mass is 280 g/mol. The first kappa shape index (κ1) is 14.1. The van der Waals surface area contributed by atoms with Crippen LogP contribution >= 0.6 is 11.6 Å². The molecule has 2 aromatic rings. The van der Waals surface area contributed by atoms with Crippen molar-refractivity contribution in [2.45, 2.75) is 33.1 Å². The highest BCUT2D eigenvalue weighted by Gasteiger charge is 2.22. The standard InChI is InChI=1S/C15H18ClFN2/c1-9-18-13(8-19(9)5)10-6-11(15(2,3)4)14(17)12(16)7-10/h6-8H,1-5H3. The van der Waals surface area contributed by atoms with E-state index in [1.165, 1.54) is 0 Å². The lowest BCUT2D eigenvalue weighted by molar-refractivity contribution is 0.523. The largest absolute Gasteiger partial charge is 0.338 e. The van der Waals surface area contributed by atoms with Crippen LogP contribution in [0.25, 0.3) is 11.3 Å². The van der Waals surface area contributed by atoms with E-state index in [9.17, 15) is 4.39 Å². The van der Waals surface area contributed by atoms with E-state index >= 15 is 0 Å². The molecule has 0 atom stereocenters. The van der Waals surface area contributed by atoms with Gasteiger partial charge in [0.1, 0.15) is 11.6 Å². The zero-order valence-electron chi connectivity index (χ0n) is 11.9. The summed E-state index contributed by atoms with van der Waals surface area (Å²) >= 11 is 6.01. The van der Waals surface area contributed by atoms with Crippen LogP contribution in [0.1, 0.15) is 32.2 Å². The average Bonchev–Trinajstić information content (AvgIpc) is 2.61. The van der Waals surface area contributed by atoms with E-state index in [1.54, 1.807) is 6.07 Å². The summed E-state index contributed by atoms with van der Waals surface area (Å²) in [5, 5.41) is 0.144. The topological polar surface area (TPSA) is 17.8 Å². The normalized spacial score (nSPS) is 11.9. The van der Waals surface area contributed by atoms with Crippen molar-refractivity contribution in [3.8, 4) is 11.3 Å². The number of aryl methyl sites for hydroxylation is 2. The molecule has 0 amide bonds. The molecule has 1 heterocycles. The molecule has 0 radical (unpaired) electrons. The van der Waals surface area contributed by atoms with Gasteiger partial charge in [0.15, 0.2) is 0 Å². The average molecular weight is 281 g/mol. The van der Waals surface area contributed by atoms with Crippen LogP contribution in [0, 0.1) is 12.7 Å². The molecular weight excluding hydrogens is 263 g/mol. The van der Waals surface area contributed by atoms with Gasteiger partial charge < -0.3 is 4.57 Å². The molecule has 0 aliphatic heterocycles. The van der Waals surface area contributed by atoms with Crippen LogP contribution in [0.4, 0.5) is 4.39 Å². The third-order valence-corrected chi connectivity index (χ3v) is 3.52. The number of imidazole rings is 1. The molecular formula is C15H18ClFN2. The Morgan fingerprint density at radius 1 is 1.26 bits per heavy atom. The van der Waals surface area contributed by atoms with Crippen LogP contribution in [0.3, 0.4) is 0 Å². The third kappa shape index (κ3) is 2.66. The van der Waals surface area contributed by atoms with Crippen LogP contribution in [-0.2, 0) is 12.5 Å². The molecule has 19 heavy (non-hydrogen) atoms. The number of hydrogen-bond acceptors (Lipinski definition) is 1. The van der Waals surface area contributed by atoms with Gasteiger partial charge in [0.2, 0.25) is 0 Å². The highest BCUT2D eigenvalue weighted by atomic mass is 35.5. The van der Waals surface area contributed by atoms with Gasteiger partial charge in [0, 0.05) is 18.8 Å². The quantitative estimate of drug-likeness (QED) is 0.753. The molecule has 2 nitrogen and oxygen atoms in total. The van der Waals surface area contributed by atoms with E-state index in [4.69, 9.17) is 11.6 Å². The lowest BCUT2D eigenvalue weighted by Crippen LogP contribution is -2.14. The van der Waals surface area contributed by atoms with Crippen molar-refractivity contribution in [2.75, 3.05) is 0 Å². The minimum Gasteiger partial charge on any atom is -0.338 e. The third-order valence-electron chi connectivity index (χ3n) is 3.24. The lowest BCUT2D eigenvalue weighted by Gasteiger charge is -2.21. The fourth-order valence-corrected chi connectivity index (χ4v) is 2.20. The van der Waals surface area contributed by atoms with E-state index in [0.717, 1.165) is 17.1 Å². The molecule has 0 fully saturated rings. The minimum absolute atomic E-state index is 0.144. The second-order valence-electron chi connectivity index (χ2n) is 5.85. The summed E-state index contributed by atoms with van der Waals surface area (Å²) in [6, 6.07) is 3.47. The van der Waals surface area contributed by atoms with Gasteiger partial charge in [-0.3, -0.25) is 0 Å². The molecule has 2 rings (SSSR count). The maximum atomic E-state index is 14.1. The molecule has 1 aromatic carbocycles. The van der Waals surface area contributed by atoms with Crippen molar-refractivity contribution in [3.63, 3.8) is 0 Å². The zero-order valence-corrected chi connectivity index (χ0v) is 12.6. The predicted molar refractivity (Wildman–Crippen MR) is 77.0 cm³/mol. The van der Waals surface area contributed by atoms with Crippen molar-refractivity contribution in [2.24, 2.45) is 7.05 Å². The Morgan fingerprint density at radius 2 is 1.89 bits per heavy atom. The summed E-state index contributed by atoms with van der Waals surface area (Å²) in [4.78, 5) is 4.46. The van der Waals surface area contributed by atoms with E-state index in [1.807, 2.05) is 51.6 Å². The first-order valence-electron chi connectivity index (χ1n) is 6.20. The summed E-state index contributed by atoms with van der Waals surface area (Å²) in [5.74, 6) is 0.568. The van der Waals surface area contributed by atoms with E-state index in [2.05, 4.69) is 4.98 Å². The zero-order chi connectivity index (χ0) is 14.4. The Kier molecular flexibility index (Phi) is 3.43. The van der Waals surface area contributed by atoms with Crippen molar-refractivity contribution < 1.29 is 4.39 Å². The van der Waals surface area contributed by atoms with Crippen molar-refractivity contribution in [1.29, 1.82) is 0 Å². The number of hydrogen-bond donors (Lipinski definition) is 0. The van der Waals surface area contributed by atoms with Gasteiger partial charge in [-0.25, -0.2) is 9.37 Å². The van der Waals surface area contributed by atoms with Gasteiger partial charge in [-0.1, -0.05) is 32.4 Å². The molecule has 0 unspecified atom stereocenters. The smallest absolute Gasteiger partial charge is 0.145 e. The van der Waals surface area contributed by atoms with Crippen LogP contribution in [0.15, 0.2) is 18.3 Å². The Morgan fingerprint density at radius 3 is 2.37 bits per heavy atom. The fraction of sp³-hybridized carbons (Fsp3) is 0.400. The maximum Gasteiger partial charge on any atom is 0.145 e. The van der Waals surface area contributed by atoms with Gasteiger partial charge in [-0.15, -0.1) is 0 Å². The lowest BCUT2D eigenvalue weighted by atomic mass is 9.85. The SMILES string of the molecule is Cc1nc(-c2cc(Cl)c(F)c(C(C)(C)C)c2)cn1C. The Hall–Kier alpha value is -1.35. The summed E-state index contributed by atoms with van der Waals surface area (Å²) in [6.45, 7) is 7.83. The molecule has 0 bridgehead atoms. The van der Waals surface area contributed by atoms with Crippen molar-refractivity contribution >= 4 is 11.6 Å². The van der Waals surface area contributed by atoms with Crippen molar-refractivity contribution in [3.05, 3.63) is 40.6 Å². The molecule has 4 heteroatoms. The van der Waals surface area contributed by atoms with Crippen molar-refractivity contribution in [1.82, 2.24) is 9.55 Å². The van der Waals surface area contributed by atoms with E-state index in [-0.39, 0.29) is 16.3 Å². The highest BCUT2D eigenvalue weighted by molar-refractivity contribution is 6.31. The van der Waals surface area contributed by atoms with Crippen LogP contribution in [-0.4, -0.2) is 9.55 Å². The molecule has 102 valence electrons. The Bertz CT molecular complexity index is 604. The van der Waals surface area contributed by atoms with E-state index in [0.29, 0.717) is 5.56 Å². The predicted octanol–water partition coefficient (Wildman–Crippen LogP) is 4.49. The van der Waals surface area contributed by atoms with Gasteiger partial charge in [-0.2, -0.15) is 0 Å². The number of benzene rings is 1. The number of halogens is 2. The molecule has 1 aromatic heterocycles. The number of nitrogens with zero attached hydrogens (tertiary/aromatic N) is 2. The van der Waals surface area contributed by atoms with Gasteiger partial charge in [0.25, 0.3) is 0 Å². The molecule has 0 spiro atoms. The summed E-state index contributed by atoms with van der Waals surface area (Å²) < 4.78 is 16.1. The molecule has 0 saturated heterocycles. The van der Waals surface area contributed by atoms with Crippen LogP contribution in [0.2, 0.25) is 5.02 Å². The van der Waals surface area contributed by atoms with Crippen LogP contribution in [0.5, 0.6) is 0 Å². The number of aromatic nitrogens is 2. The highest BCUT2D eigenvalue weighted by Crippen LogP contribution is 2.33. The maximum absolute atomic E-state index is 14.1.